The molecule has 2 aromatic carbocycles. The maximum Gasteiger partial charge on any atom is 0.316 e. The molecule has 0 aliphatic rings. The SMILES string of the molecule is O=[PH](Oc1ccccc1)c1ccccc1.[MgH2]. The van der Waals surface area contributed by atoms with Crippen LogP contribution in [0.25, 0.3) is 0 Å². The van der Waals surface area contributed by atoms with Crippen molar-refractivity contribution in [3.8, 4) is 5.75 Å². The van der Waals surface area contributed by atoms with Crippen LogP contribution in [0.15, 0.2) is 60.7 Å². The van der Waals surface area contributed by atoms with Crippen LogP contribution in [0.4, 0.5) is 0 Å². The molecule has 0 fully saturated rings. The van der Waals surface area contributed by atoms with Crippen molar-refractivity contribution in [3.05, 3.63) is 60.7 Å². The minimum Gasteiger partial charge on any atom is -0.442 e. The molecule has 0 amide bonds. The van der Waals surface area contributed by atoms with Gasteiger partial charge in [0.2, 0.25) is 0 Å². The molecule has 0 radical (unpaired) electrons. The molecule has 0 aliphatic carbocycles. The molecule has 2 aromatic rings. The molecule has 0 aliphatic heterocycles. The molecule has 0 saturated carbocycles. The lowest BCUT2D eigenvalue weighted by atomic mass is 10.3. The fourth-order valence-electron chi connectivity index (χ4n) is 1.23. The van der Waals surface area contributed by atoms with E-state index in [1.54, 1.807) is 12.1 Å². The maximum absolute atomic E-state index is 11.8. The van der Waals surface area contributed by atoms with Crippen LogP contribution in [-0.4, -0.2) is 23.1 Å². The lowest BCUT2D eigenvalue weighted by Crippen LogP contribution is -1.98. The Bertz CT molecular complexity index is 445. The second-order valence-corrected chi connectivity index (χ2v) is 4.42. The summed E-state index contributed by atoms with van der Waals surface area (Å²) in [6.07, 6.45) is 0. The molecule has 4 heteroatoms. The fraction of sp³-hybridized carbons (Fsp3) is 0. The summed E-state index contributed by atoms with van der Waals surface area (Å²) in [6, 6.07) is 18.4. The van der Waals surface area contributed by atoms with Crippen molar-refractivity contribution in [2.45, 2.75) is 0 Å². The zero-order valence-electron chi connectivity index (χ0n) is 8.09. The van der Waals surface area contributed by atoms with Gasteiger partial charge in [-0.3, -0.25) is 4.57 Å². The van der Waals surface area contributed by atoms with Crippen molar-refractivity contribution in [1.82, 2.24) is 0 Å². The summed E-state index contributed by atoms with van der Waals surface area (Å²) in [6.45, 7) is 0. The minimum atomic E-state index is -2.17. The third-order valence-corrected chi connectivity index (χ3v) is 3.19. The van der Waals surface area contributed by atoms with Gasteiger partial charge in [0.05, 0.1) is 0 Å². The van der Waals surface area contributed by atoms with Crippen LogP contribution in [0.3, 0.4) is 0 Å². The molecule has 0 N–H and O–H groups in total. The van der Waals surface area contributed by atoms with E-state index in [1.807, 2.05) is 48.5 Å². The quantitative estimate of drug-likeness (QED) is 0.609. The van der Waals surface area contributed by atoms with Gasteiger partial charge in [0.15, 0.2) is 0 Å². The molecule has 0 bridgehead atoms. The fourth-order valence-corrected chi connectivity index (χ4v) is 2.16. The molecule has 80 valence electrons. The Balaban J connectivity index is 0.00000128. The first-order chi connectivity index (χ1) is 7.36. The number of benzene rings is 2. The van der Waals surface area contributed by atoms with Crippen molar-refractivity contribution < 1.29 is 9.09 Å². The molecular weight excluding hydrogens is 231 g/mol. The summed E-state index contributed by atoms with van der Waals surface area (Å²) in [4.78, 5) is 0. The molecule has 2 nitrogen and oxygen atoms in total. The third-order valence-electron chi connectivity index (χ3n) is 1.96. The zero-order chi connectivity index (χ0) is 10.5. The average molecular weight is 245 g/mol. The zero-order valence-corrected chi connectivity index (χ0v) is 9.09. The second kappa shape index (κ2) is 6.74. The van der Waals surface area contributed by atoms with E-state index >= 15 is 0 Å². The van der Waals surface area contributed by atoms with Crippen molar-refractivity contribution in [1.29, 1.82) is 0 Å². The first-order valence-corrected chi connectivity index (χ1v) is 6.00. The standard InChI is InChI=1S/C12H11O2P.Mg.2H/c13-15(12-9-5-2-6-10-12)14-11-7-3-1-4-8-11;;;/h1-10,15H;;;. The summed E-state index contributed by atoms with van der Waals surface area (Å²) in [5, 5.41) is 0.742. The monoisotopic (exact) mass is 244 g/mol. The van der Waals surface area contributed by atoms with E-state index in [1.165, 1.54) is 0 Å². The van der Waals surface area contributed by atoms with Gasteiger partial charge in [-0.15, -0.1) is 0 Å². The van der Waals surface area contributed by atoms with Crippen molar-refractivity contribution >= 4 is 36.4 Å². The Morgan fingerprint density at radius 1 is 0.812 bits per heavy atom. The van der Waals surface area contributed by atoms with Crippen molar-refractivity contribution in [3.63, 3.8) is 0 Å². The van der Waals surface area contributed by atoms with E-state index in [4.69, 9.17) is 4.52 Å². The van der Waals surface area contributed by atoms with Crippen LogP contribution in [0, 0.1) is 0 Å². The van der Waals surface area contributed by atoms with Gasteiger partial charge < -0.3 is 4.52 Å². The van der Waals surface area contributed by atoms with Crippen LogP contribution in [0.5, 0.6) is 5.75 Å². The lowest BCUT2D eigenvalue weighted by Gasteiger charge is -2.05. The molecule has 1 unspecified atom stereocenters. The summed E-state index contributed by atoms with van der Waals surface area (Å²) in [7, 11) is -2.17. The van der Waals surface area contributed by atoms with E-state index in [9.17, 15) is 4.57 Å². The normalized spacial score (nSPS) is 11.2. The number of hydrogen-bond donors (Lipinski definition) is 0. The minimum absolute atomic E-state index is 0. The van der Waals surface area contributed by atoms with Gasteiger partial charge in [-0.25, -0.2) is 0 Å². The molecule has 0 spiro atoms. The van der Waals surface area contributed by atoms with Gasteiger partial charge >= 0.3 is 23.1 Å². The highest BCUT2D eigenvalue weighted by Crippen LogP contribution is 2.25. The summed E-state index contributed by atoms with van der Waals surface area (Å²) in [5.41, 5.74) is 0. The van der Waals surface area contributed by atoms with Gasteiger partial charge in [0.25, 0.3) is 8.03 Å². The van der Waals surface area contributed by atoms with Crippen LogP contribution in [-0.2, 0) is 4.57 Å². The number of rotatable bonds is 3. The summed E-state index contributed by atoms with van der Waals surface area (Å²) in [5.74, 6) is 0.644. The first kappa shape index (κ1) is 13.3. The third kappa shape index (κ3) is 3.67. The topological polar surface area (TPSA) is 26.3 Å². The van der Waals surface area contributed by atoms with Crippen molar-refractivity contribution in [2.24, 2.45) is 0 Å². The number of para-hydroxylation sites is 1. The molecule has 1 atom stereocenters. The highest BCUT2D eigenvalue weighted by Gasteiger charge is 2.03. The predicted octanol–water partition coefficient (Wildman–Crippen LogP) is 1.95. The highest BCUT2D eigenvalue weighted by atomic mass is 31.1. The van der Waals surface area contributed by atoms with Crippen LogP contribution < -0.4 is 9.83 Å². The Hall–Kier alpha value is -0.764. The van der Waals surface area contributed by atoms with Crippen LogP contribution in [0.2, 0.25) is 0 Å². The summed E-state index contributed by atoms with van der Waals surface area (Å²) >= 11 is 0. The van der Waals surface area contributed by atoms with Crippen LogP contribution in [0.1, 0.15) is 0 Å². The Morgan fingerprint density at radius 2 is 1.31 bits per heavy atom. The predicted molar refractivity (Wildman–Crippen MR) is 70.7 cm³/mol. The first-order valence-electron chi connectivity index (χ1n) is 4.68. The van der Waals surface area contributed by atoms with E-state index in [0.717, 1.165) is 5.30 Å². The highest BCUT2D eigenvalue weighted by molar-refractivity contribution is 7.48. The van der Waals surface area contributed by atoms with E-state index in [-0.39, 0.29) is 23.1 Å². The average Bonchev–Trinajstić information content (AvgIpc) is 2.31. The molecule has 0 heterocycles. The number of hydrogen-bond acceptors (Lipinski definition) is 2. The molecule has 2 rings (SSSR count). The Morgan fingerprint density at radius 3 is 1.88 bits per heavy atom. The second-order valence-electron chi connectivity index (χ2n) is 3.07. The van der Waals surface area contributed by atoms with Gasteiger partial charge in [-0.05, 0) is 24.3 Å². The molecule has 16 heavy (non-hydrogen) atoms. The largest absolute Gasteiger partial charge is 0.442 e. The smallest absolute Gasteiger partial charge is 0.316 e. The molecule has 0 saturated heterocycles. The van der Waals surface area contributed by atoms with E-state index < -0.39 is 8.03 Å². The van der Waals surface area contributed by atoms with Crippen molar-refractivity contribution in [2.75, 3.05) is 0 Å². The summed E-state index contributed by atoms with van der Waals surface area (Å²) < 4.78 is 17.1. The Labute approximate surface area is 112 Å². The van der Waals surface area contributed by atoms with Gasteiger partial charge in [-0.1, -0.05) is 36.4 Å². The van der Waals surface area contributed by atoms with Crippen LogP contribution >= 0.6 is 8.03 Å². The molecular formula is C12H13MgO2P. The van der Waals surface area contributed by atoms with Gasteiger partial charge in [0.1, 0.15) is 5.75 Å². The van der Waals surface area contributed by atoms with Gasteiger partial charge in [0, 0.05) is 5.30 Å². The van der Waals surface area contributed by atoms with E-state index in [0.29, 0.717) is 5.75 Å². The van der Waals surface area contributed by atoms with Gasteiger partial charge in [-0.2, -0.15) is 0 Å². The Kier molecular flexibility index (Phi) is 5.60. The maximum atomic E-state index is 11.8. The lowest BCUT2D eigenvalue weighted by molar-refractivity contribution is 0.514. The van der Waals surface area contributed by atoms with E-state index in [2.05, 4.69) is 0 Å². The molecule has 0 aromatic heterocycles.